The SMILES string of the molecule is Nc1cc(S(=O)(=O)NCC2CCCCC2)ccc1F. The van der Waals surface area contributed by atoms with Gasteiger partial charge >= 0.3 is 0 Å². The predicted molar refractivity (Wildman–Crippen MR) is 72.6 cm³/mol. The molecule has 1 saturated carbocycles. The minimum atomic E-state index is -3.60. The molecule has 0 aromatic heterocycles. The Kier molecular flexibility index (Phi) is 4.42. The average molecular weight is 286 g/mol. The van der Waals surface area contributed by atoms with Gasteiger partial charge in [0.1, 0.15) is 5.82 Å². The number of nitrogen functional groups attached to an aromatic ring is 1. The zero-order chi connectivity index (χ0) is 13.9. The molecule has 2 rings (SSSR count). The Hall–Kier alpha value is -1.14. The fourth-order valence-corrected chi connectivity index (χ4v) is 3.54. The summed E-state index contributed by atoms with van der Waals surface area (Å²) in [5.41, 5.74) is 5.24. The highest BCUT2D eigenvalue weighted by atomic mass is 32.2. The Morgan fingerprint density at radius 2 is 1.95 bits per heavy atom. The zero-order valence-electron chi connectivity index (χ0n) is 10.7. The lowest BCUT2D eigenvalue weighted by atomic mass is 9.90. The lowest BCUT2D eigenvalue weighted by Crippen LogP contribution is -2.30. The van der Waals surface area contributed by atoms with E-state index in [0.29, 0.717) is 12.5 Å². The van der Waals surface area contributed by atoms with E-state index in [2.05, 4.69) is 4.72 Å². The maximum Gasteiger partial charge on any atom is 0.240 e. The van der Waals surface area contributed by atoms with Gasteiger partial charge < -0.3 is 5.73 Å². The summed E-state index contributed by atoms with van der Waals surface area (Å²) in [6.45, 7) is 0.444. The Morgan fingerprint density at radius 1 is 1.26 bits per heavy atom. The van der Waals surface area contributed by atoms with Gasteiger partial charge in [0.05, 0.1) is 10.6 Å². The van der Waals surface area contributed by atoms with Gasteiger partial charge in [-0.2, -0.15) is 0 Å². The van der Waals surface area contributed by atoms with Gasteiger partial charge in [-0.1, -0.05) is 19.3 Å². The topological polar surface area (TPSA) is 72.2 Å². The fraction of sp³-hybridized carbons (Fsp3) is 0.538. The average Bonchev–Trinajstić information content (AvgIpc) is 2.41. The van der Waals surface area contributed by atoms with Crippen molar-refractivity contribution in [3.8, 4) is 0 Å². The van der Waals surface area contributed by atoms with Crippen molar-refractivity contribution >= 4 is 15.7 Å². The van der Waals surface area contributed by atoms with Crippen LogP contribution in [-0.2, 0) is 10.0 Å². The number of hydrogen-bond acceptors (Lipinski definition) is 3. The molecular weight excluding hydrogens is 267 g/mol. The third kappa shape index (κ3) is 3.67. The van der Waals surface area contributed by atoms with Gasteiger partial charge in [0.15, 0.2) is 0 Å². The first-order valence-electron chi connectivity index (χ1n) is 6.54. The van der Waals surface area contributed by atoms with E-state index in [4.69, 9.17) is 5.73 Å². The quantitative estimate of drug-likeness (QED) is 0.834. The second kappa shape index (κ2) is 5.88. The van der Waals surface area contributed by atoms with Gasteiger partial charge in [-0.25, -0.2) is 17.5 Å². The molecule has 0 spiro atoms. The van der Waals surface area contributed by atoms with Crippen molar-refractivity contribution < 1.29 is 12.8 Å². The molecule has 6 heteroatoms. The van der Waals surface area contributed by atoms with Crippen molar-refractivity contribution in [1.29, 1.82) is 0 Å². The molecule has 1 aromatic carbocycles. The van der Waals surface area contributed by atoms with Crippen LogP contribution in [0.4, 0.5) is 10.1 Å². The standard InChI is InChI=1S/C13H19FN2O2S/c14-12-7-6-11(8-13(12)15)19(17,18)16-9-10-4-2-1-3-5-10/h6-8,10,16H,1-5,9,15H2. The molecular formula is C13H19FN2O2S. The number of rotatable bonds is 4. The molecule has 0 radical (unpaired) electrons. The Balaban J connectivity index is 2.02. The smallest absolute Gasteiger partial charge is 0.240 e. The minimum absolute atomic E-state index is 0.0159. The number of benzene rings is 1. The van der Waals surface area contributed by atoms with E-state index in [1.807, 2.05) is 0 Å². The molecule has 0 heterocycles. The molecule has 0 unspecified atom stereocenters. The van der Waals surface area contributed by atoms with Crippen LogP contribution in [-0.4, -0.2) is 15.0 Å². The summed E-state index contributed by atoms with van der Waals surface area (Å²) in [7, 11) is -3.60. The summed E-state index contributed by atoms with van der Waals surface area (Å²) >= 11 is 0. The van der Waals surface area contributed by atoms with Crippen LogP contribution < -0.4 is 10.5 Å². The second-order valence-electron chi connectivity index (χ2n) is 5.04. The molecule has 0 amide bonds. The molecule has 1 aliphatic carbocycles. The van der Waals surface area contributed by atoms with E-state index in [9.17, 15) is 12.8 Å². The summed E-state index contributed by atoms with van der Waals surface area (Å²) in [5, 5.41) is 0. The lowest BCUT2D eigenvalue weighted by molar-refractivity contribution is 0.357. The van der Waals surface area contributed by atoms with E-state index in [1.165, 1.54) is 12.5 Å². The van der Waals surface area contributed by atoms with Crippen LogP contribution in [0.2, 0.25) is 0 Å². The Labute approximate surface area is 113 Å². The maximum absolute atomic E-state index is 13.0. The highest BCUT2D eigenvalue weighted by Gasteiger charge is 2.19. The van der Waals surface area contributed by atoms with Crippen LogP contribution >= 0.6 is 0 Å². The third-order valence-electron chi connectivity index (χ3n) is 3.56. The van der Waals surface area contributed by atoms with Crippen LogP contribution in [0, 0.1) is 11.7 Å². The summed E-state index contributed by atoms with van der Waals surface area (Å²) < 4.78 is 39.7. The first kappa shape index (κ1) is 14.3. The summed E-state index contributed by atoms with van der Waals surface area (Å²) in [4.78, 5) is 0.0159. The molecule has 0 atom stereocenters. The molecule has 1 aliphatic rings. The van der Waals surface area contributed by atoms with E-state index in [1.54, 1.807) is 0 Å². The number of nitrogens with one attached hydrogen (secondary N) is 1. The van der Waals surface area contributed by atoms with Gasteiger partial charge in [0.2, 0.25) is 10.0 Å². The van der Waals surface area contributed by atoms with Crippen LogP contribution in [0.5, 0.6) is 0 Å². The van der Waals surface area contributed by atoms with Crippen LogP contribution in [0.15, 0.2) is 23.1 Å². The first-order valence-corrected chi connectivity index (χ1v) is 8.02. The van der Waals surface area contributed by atoms with E-state index < -0.39 is 15.8 Å². The van der Waals surface area contributed by atoms with E-state index >= 15 is 0 Å². The van der Waals surface area contributed by atoms with E-state index in [0.717, 1.165) is 37.8 Å². The van der Waals surface area contributed by atoms with Crippen molar-refractivity contribution in [2.75, 3.05) is 12.3 Å². The van der Waals surface area contributed by atoms with Crippen LogP contribution in [0.25, 0.3) is 0 Å². The van der Waals surface area contributed by atoms with Crippen molar-refractivity contribution in [2.24, 2.45) is 5.92 Å². The highest BCUT2D eigenvalue weighted by Crippen LogP contribution is 2.23. The predicted octanol–water partition coefficient (Wildman–Crippen LogP) is 2.27. The molecule has 4 nitrogen and oxygen atoms in total. The summed E-state index contributed by atoms with van der Waals surface area (Å²) in [6.07, 6.45) is 5.69. The zero-order valence-corrected chi connectivity index (χ0v) is 11.5. The van der Waals surface area contributed by atoms with Crippen LogP contribution in [0.1, 0.15) is 32.1 Å². The third-order valence-corrected chi connectivity index (χ3v) is 4.99. The van der Waals surface area contributed by atoms with Crippen molar-refractivity contribution in [1.82, 2.24) is 4.72 Å². The Bertz CT molecular complexity index is 540. The van der Waals surface area contributed by atoms with Crippen molar-refractivity contribution in [2.45, 2.75) is 37.0 Å². The summed E-state index contributed by atoms with van der Waals surface area (Å²) in [5.74, 6) is -0.201. The number of sulfonamides is 1. The highest BCUT2D eigenvalue weighted by molar-refractivity contribution is 7.89. The van der Waals surface area contributed by atoms with Gasteiger partial charge in [-0.05, 0) is 37.0 Å². The minimum Gasteiger partial charge on any atom is -0.396 e. The van der Waals surface area contributed by atoms with Gasteiger partial charge in [0, 0.05) is 6.54 Å². The second-order valence-corrected chi connectivity index (χ2v) is 6.81. The van der Waals surface area contributed by atoms with Crippen molar-refractivity contribution in [3.05, 3.63) is 24.0 Å². The van der Waals surface area contributed by atoms with E-state index in [-0.39, 0.29) is 10.6 Å². The number of halogens is 1. The molecule has 0 bridgehead atoms. The molecule has 0 aliphatic heterocycles. The normalized spacial score (nSPS) is 17.5. The molecule has 1 fully saturated rings. The van der Waals surface area contributed by atoms with Gasteiger partial charge in [-0.15, -0.1) is 0 Å². The number of nitrogens with two attached hydrogens (primary N) is 1. The first-order chi connectivity index (χ1) is 8.99. The largest absolute Gasteiger partial charge is 0.396 e. The maximum atomic E-state index is 13.0. The monoisotopic (exact) mass is 286 g/mol. The molecule has 1 aromatic rings. The number of anilines is 1. The summed E-state index contributed by atoms with van der Waals surface area (Å²) in [6, 6.07) is 3.46. The lowest BCUT2D eigenvalue weighted by Gasteiger charge is -2.21. The Morgan fingerprint density at radius 3 is 2.58 bits per heavy atom. The van der Waals surface area contributed by atoms with Crippen molar-refractivity contribution in [3.63, 3.8) is 0 Å². The molecule has 19 heavy (non-hydrogen) atoms. The molecule has 3 N–H and O–H groups in total. The molecule has 0 saturated heterocycles. The van der Waals surface area contributed by atoms with Gasteiger partial charge in [0.25, 0.3) is 0 Å². The van der Waals surface area contributed by atoms with Gasteiger partial charge in [-0.3, -0.25) is 0 Å². The number of hydrogen-bond donors (Lipinski definition) is 2. The molecule has 106 valence electrons. The van der Waals surface area contributed by atoms with Crippen LogP contribution in [0.3, 0.4) is 0 Å². The fourth-order valence-electron chi connectivity index (χ4n) is 2.39.